The van der Waals surface area contributed by atoms with Crippen molar-refractivity contribution >= 4 is 17.5 Å². The number of hydrogen-bond donors (Lipinski definition) is 1. The molecule has 6 heteroatoms. The number of carbonyl (C=O) groups excluding carboxylic acids is 2. The zero-order chi connectivity index (χ0) is 16.0. The van der Waals surface area contributed by atoms with Gasteiger partial charge in [-0.15, -0.1) is 0 Å². The number of benzene rings is 1. The first-order valence-corrected chi connectivity index (χ1v) is 7.73. The summed E-state index contributed by atoms with van der Waals surface area (Å²) in [6, 6.07) is 7.26. The molecule has 118 valence electrons. The van der Waals surface area contributed by atoms with E-state index in [9.17, 15) is 14.7 Å². The number of rotatable bonds is 1. The number of aliphatic hydroxyl groups is 1. The molecule has 4 heterocycles. The molecule has 2 saturated heterocycles. The lowest BCUT2D eigenvalue weighted by atomic mass is 9.65. The van der Waals surface area contributed by atoms with Crippen LogP contribution in [-0.2, 0) is 14.3 Å². The predicted octanol–water partition coefficient (Wildman–Crippen LogP) is 0.580. The van der Waals surface area contributed by atoms with Crippen molar-refractivity contribution in [1.29, 1.82) is 0 Å². The van der Waals surface area contributed by atoms with Crippen LogP contribution in [0.25, 0.3) is 0 Å². The number of nitrogens with zero attached hydrogens (tertiary/aromatic N) is 2. The number of piperidine rings is 1. The largest absolute Gasteiger partial charge is 0.388 e. The highest BCUT2D eigenvalue weighted by Gasteiger charge is 2.70. The van der Waals surface area contributed by atoms with Crippen LogP contribution in [0, 0.1) is 5.92 Å². The number of aliphatic hydroxyl groups excluding tert-OH is 1. The normalized spacial score (nSPS) is 39.7. The quantitative estimate of drug-likeness (QED) is 0.608. The molecule has 2 fully saturated rings. The van der Waals surface area contributed by atoms with Gasteiger partial charge in [-0.2, -0.15) is 0 Å². The molecule has 1 aromatic rings. The summed E-state index contributed by atoms with van der Waals surface area (Å²) >= 11 is 0. The molecule has 1 aromatic carbocycles. The third kappa shape index (κ3) is 1.25. The number of fused-ring (bicyclic) bond motifs is 2. The Balaban J connectivity index is 1.83. The minimum atomic E-state index is -0.901. The van der Waals surface area contributed by atoms with Crippen LogP contribution in [-0.4, -0.2) is 46.7 Å². The van der Waals surface area contributed by atoms with Crippen molar-refractivity contribution in [2.45, 2.75) is 23.8 Å². The van der Waals surface area contributed by atoms with Crippen LogP contribution in [0.2, 0.25) is 0 Å². The molecule has 23 heavy (non-hydrogen) atoms. The number of anilines is 1. The summed E-state index contributed by atoms with van der Waals surface area (Å²) in [5.41, 5.74) is -0.222. The van der Waals surface area contributed by atoms with Gasteiger partial charge >= 0.3 is 11.8 Å². The minimum Gasteiger partial charge on any atom is -0.388 e. The topological polar surface area (TPSA) is 70.1 Å². The number of carbonyl (C=O) groups is 2. The zero-order valence-electron chi connectivity index (χ0n) is 12.6. The van der Waals surface area contributed by atoms with Gasteiger partial charge in [0.25, 0.3) is 0 Å². The maximum atomic E-state index is 12.7. The van der Waals surface area contributed by atoms with E-state index in [2.05, 4.69) is 0 Å². The highest BCUT2D eigenvalue weighted by atomic mass is 16.5. The molecule has 5 aliphatic rings. The highest BCUT2D eigenvalue weighted by molar-refractivity contribution is 6.43. The third-order valence-electron chi connectivity index (χ3n) is 5.88. The number of hydrogen-bond acceptors (Lipinski definition) is 4. The van der Waals surface area contributed by atoms with Crippen molar-refractivity contribution in [2.24, 2.45) is 5.92 Å². The van der Waals surface area contributed by atoms with Crippen LogP contribution in [0.5, 0.6) is 0 Å². The highest BCUT2D eigenvalue weighted by Crippen LogP contribution is 2.59. The summed E-state index contributed by atoms with van der Waals surface area (Å²) in [6.45, 7) is 0.340. The van der Waals surface area contributed by atoms with Gasteiger partial charge in [-0.25, -0.2) is 0 Å². The van der Waals surface area contributed by atoms with Crippen molar-refractivity contribution in [3.05, 3.63) is 42.0 Å². The first-order chi connectivity index (χ1) is 11.0. The van der Waals surface area contributed by atoms with Gasteiger partial charge in [0.1, 0.15) is 11.3 Å². The predicted molar refractivity (Wildman–Crippen MR) is 80.3 cm³/mol. The molecule has 0 radical (unpaired) electrons. The maximum Gasteiger partial charge on any atom is 0.318 e. The van der Waals surface area contributed by atoms with E-state index in [1.165, 1.54) is 0 Å². The van der Waals surface area contributed by atoms with E-state index in [1.807, 2.05) is 30.4 Å². The maximum absolute atomic E-state index is 12.7. The second kappa shape index (κ2) is 3.83. The van der Waals surface area contributed by atoms with Crippen LogP contribution in [0.3, 0.4) is 0 Å². The van der Waals surface area contributed by atoms with Crippen molar-refractivity contribution in [1.82, 2.24) is 4.90 Å². The minimum absolute atomic E-state index is 0.300. The first-order valence-electron chi connectivity index (χ1n) is 7.73. The molecule has 4 aliphatic heterocycles. The van der Waals surface area contributed by atoms with E-state index in [-0.39, 0.29) is 5.92 Å². The average molecular weight is 312 g/mol. The number of ether oxygens (including phenoxy) is 1. The smallest absolute Gasteiger partial charge is 0.318 e. The molecule has 4 atom stereocenters. The molecule has 1 N–H and O–H groups in total. The number of para-hydroxylation sites is 1. The fourth-order valence-electron chi connectivity index (χ4n) is 4.78. The van der Waals surface area contributed by atoms with Gasteiger partial charge in [0.05, 0.1) is 18.3 Å². The molecule has 2 amide bonds. The lowest BCUT2D eigenvalue weighted by Gasteiger charge is -2.61. The molecule has 0 saturated carbocycles. The van der Waals surface area contributed by atoms with E-state index in [4.69, 9.17) is 4.74 Å². The van der Waals surface area contributed by atoms with E-state index in [1.54, 1.807) is 23.0 Å². The van der Waals surface area contributed by atoms with Gasteiger partial charge < -0.3 is 14.7 Å². The Morgan fingerprint density at radius 3 is 2.78 bits per heavy atom. The number of amides is 2. The fraction of sp³-hybridized carbons (Fsp3) is 0.412. The Labute approximate surface area is 132 Å². The zero-order valence-corrected chi connectivity index (χ0v) is 12.6. The molecular weight excluding hydrogens is 296 g/mol. The van der Waals surface area contributed by atoms with Crippen LogP contribution in [0.4, 0.5) is 5.69 Å². The van der Waals surface area contributed by atoms with E-state index >= 15 is 0 Å². The van der Waals surface area contributed by atoms with Crippen molar-refractivity contribution in [3.8, 4) is 0 Å². The first kappa shape index (κ1) is 13.3. The Hall–Kier alpha value is -2.18. The summed E-state index contributed by atoms with van der Waals surface area (Å²) in [5, 5.41) is 11.0. The Kier molecular flexibility index (Phi) is 2.21. The molecule has 1 aliphatic carbocycles. The van der Waals surface area contributed by atoms with E-state index < -0.39 is 29.2 Å². The van der Waals surface area contributed by atoms with Gasteiger partial charge in [0.15, 0.2) is 0 Å². The number of methoxy groups -OCH3 is 1. The van der Waals surface area contributed by atoms with E-state index in [0.29, 0.717) is 24.2 Å². The summed E-state index contributed by atoms with van der Waals surface area (Å²) in [6.07, 6.45) is 3.64. The van der Waals surface area contributed by atoms with Gasteiger partial charge in [0.2, 0.25) is 0 Å². The molecule has 1 spiro atoms. The summed E-state index contributed by atoms with van der Waals surface area (Å²) in [7, 11) is 1.60. The molecule has 0 aromatic heterocycles. The summed E-state index contributed by atoms with van der Waals surface area (Å²) in [5.74, 6) is -1.36. The Morgan fingerprint density at radius 1 is 1.22 bits per heavy atom. The second-order valence-electron chi connectivity index (χ2n) is 6.73. The average Bonchev–Trinajstić information content (AvgIpc) is 2.82. The Bertz CT molecular complexity index is 791. The van der Waals surface area contributed by atoms with Crippen molar-refractivity contribution < 1.29 is 19.4 Å². The Morgan fingerprint density at radius 2 is 2.00 bits per heavy atom. The molecule has 6 rings (SSSR count). The van der Waals surface area contributed by atoms with Crippen LogP contribution in [0.1, 0.15) is 18.1 Å². The lowest BCUT2D eigenvalue weighted by Crippen LogP contribution is -2.72. The van der Waals surface area contributed by atoms with Crippen molar-refractivity contribution in [3.63, 3.8) is 0 Å². The fourth-order valence-corrected chi connectivity index (χ4v) is 4.78. The van der Waals surface area contributed by atoms with Crippen molar-refractivity contribution in [2.75, 3.05) is 18.6 Å². The summed E-state index contributed by atoms with van der Waals surface area (Å²) in [4.78, 5) is 28.5. The van der Waals surface area contributed by atoms with Gasteiger partial charge in [-0.05, 0) is 18.6 Å². The van der Waals surface area contributed by atoms with Gasteiger partial charge in [-0.3, -0.25) is 14.5 Å². The monoisotopic (exact) mass is 312 g/mol. The second-order valence-corrected chi connectivity index (χ2v) is 6.73. The lowest BCUT2D eigenvalue weighted by molar-refractivity contribution is -0.157. The molecular formula is C17H16N2O4. The SMILES string of the molecule is CO[C@@]12C=C[C@]34[C@H](C1)[C@@H](O)c1ccccc1N3C(=O)C(=O)N4C2. The molecule has 2 bridgehead atoms. The van der Waals surface area contributed by atoms with Crippen LogP contribution in [0.15, 0.2) is 36.4 Å². The molecule has 6 nitrogen and oxygen atoms in total. The van der Waals surface area contributed by atoms with Gasteiger partial charge in [-0.1, -0.05) is 24.3 Å². The standard InChI is InChI=1S/C17H16N2O4/c1-23-16-6-7-17-11(8-16)13(20)10-4-2-3-5-12(10)19(17)15(22)14(21)18(17)9-16/h2-7,11,13,20H,8-9H2,1H3/t11-,13+,16+,17-/m1/s1. The van der Waals surface area contributed by atoms with E-state index in [0.717, 1.165) is 0 Å². The van der Waals surface area contributed by atoms with Gasteiger partial charge in [0, 0.05) is 18.6 Å². The third-order valence-corrected chi connectivity index (χ3v) is 5.88. The molecule has 0 unspecified atom stereocenters. The van der Waals surface area contributed by atoms with Crippen LogP contribution < -0.4 is 4.90 Å². The summed E-state index contributed by atoms with van der Waals surface area (Å²) < 4.78 is 5.66. The van der Waals surface area contributed by atoms with Crippen LogP contribution >= 0.6 is 0 Å².